The minimum Gasteiger partial charge on any atom is -0.350 e. The largest absolute Gasteiger partial charge is 0.350 e. The van der Waals surface area contributed by atoms with Crippen molar-refractivity contribution in [3.8, 4) is 0 Å². The molecule has 3 rings (SSSR count). The Bertz CT molecular complexity index is 268. The molecule has 2 aliphatic carbocycles. The van der Waals surface area contributed by atoms with E-state index in [0.717, 1.165) is 37.4 Å². The lowest BCUT2D eigenvalue weighted by Gasteiger charge is -2.17. The Morgan fingerprint density at radius 2 is 1.71 bits per heavy atom. The van der Waals surface area contributed by atoms with Gasteiger partial charge in [-0.05, 0) is 49.9 Å². The van der Waals surface area contributed by atoms with Gasteiger partial charge in [0.05, 0.1) is 13.2 Å². The van der Waals surface area contributed by atoms with Gasteiger partial charge in [-0.2, -0.15) is 0 Å². The monoisotopic (exact) mass is 236 g/mol. The van der Waals surface area contributed by atoms with Gasteiger partial charge in [0.15, 0.2) is 6.29 Å². The van der Waals surface area contributed by atoms with Crippen molar-refractivity contribution in [2.45, 2.75) is 51.2 Å². The lowest BCUT2D eigenvalue weighted by atomic mass is 9.88. The number of hydrogen-bond donors (Lipinski definition) is 0. The molecule has 1 heterocycles. The zero-order valence-electron chi connectivity index (χ0n) is 10.6. The number of ether oxygens (including phenoxy) is 2. The molecule has 2 nitrogen and oxygen atoms in total. The maximum absolute atomic E-state index is 5.44. The molecule has 2 fully saturated rings. The lowest BCUT2D eigenvalue weighted by molar-refractivity contribution is -0.0480. The van der Waals surface area contributed by atoms with Crippen LogP contribution in [0.15, 0.2) is 12.2 Å². The van der Waals surface area contributed by atoms with Gasteiger partial charge in [-0.25, -0.2) is 0 Å². The van der Waals surface area contributed by atoms with Crippen LogP contribution in [0.2, 0.25) is 0 Å². The number of allylic oxidation sites excluding steroid dienone is 2. The third kappa shape index (κ3) is 2.92. The van der Waals surface area contributed by atoms with Crippen molar-refractivity contribution in [3.63, 3.8) is 0 Å². The molecule has 1 saturated heterocycles. The van der Waals surface area contributed by atoms with Gasteiger partial charge in [0.25, 0.3) is 0 Å². The van der Waals surface area contributed by atoms with Gasteiger partial charge < -0.3 is 9.47 Å². The van der Waals surface area contributed by atoms with Crippen molar-refractivity contribution in [1.29, 1.82) is 0 Å². The summed E-state index contributed by atoms with van der Waals surface area (Å²) in [6.45, 7) is 1.59. The molecular formula is C15H24O2. The third-order valence-corrected chi connectivity index (χ3v) is 4.62. The van der Waals surface area contributed by atoms with Crippen molar-refractivity contribution < 1.29 is 9.47 Å². The van der Waals surface area contributed by atoms with E-state index >= 15 is 0 Å². The first-order valence-electron chi connectivity index (χ1n) is 7.33. The highest BCUT2D eigenvalue weighted by Gasteiger charge is 2.34. The van der Waals surface area contributed by atoms with E-state index in [1.807, 2.05) is 0 Å². The Balaban J connectivity index is 1.25. The van der Waals surface area contributed by atoms with Crippen molar-refractivity contribution in [1.82, 2.24) is 0 Å². The Morgan fingerprint density at radius 1 is 0.882 bits per heavy atom. The van der Waals surface area contributed by atoms with Crippen molar-refractivity contribution in [2.75, 3.05) is 13.2 Å². The van der Waals surface area contributed by atoms with Gasteiger partial charge in [0.2, 0.25) is 0 Å². The normalized spacial score (nSPS) is 36.1. The highest BCUT2D eigenvalue weighted by atomic mass is 16.7. The summed E-state index contributed by atoms with van der Waals surface area (Å²) in [5.74, 6) is 2.87. The van der Waals surface area contributed by atoms with Crippen LogP contribution in [0.3, 0.4) is 0 Å². The fourth-order valence-electron chi connectivity index (χ4n) is 3.69. The van der Waals surface area contributed by atoms with Gasteiger partial charge in [0.1, 0.15) is 0 Å². The quantitative estimate of drug-likeness (QED) is 0.519. The summed E-state index contributed by atoms with van der Waals surface area (Å²) in [6, 6.07) is 0. The molecule has 2 bridgehead atoms. The van der Waals surface area contributed by atoms with E-state index in [1.165, 1.54) is 38.5 Å². The molecule has 96 valence electrons. The zero-order chi connectivity index (χ0) is 11.5. The van der Waals surface area contributed by atoms with E-state index in [0.29, 0.717) is 0 Å². The molecule has 17 heavy (non-hydrogen) atoms. The summed E-state index contributed by atoms with van der Waals surface area (Å²) in [4.78, 5) is 0. The Morgan fingerprint density at radius 3 is 2.41 bits per heavy atom. The van der Waals surface area contributed by atoms with Crippen LogP contribution in [0.1, 0.15) is 44.9 Å². The van der Waals surface area contributed by atoms with Crippen LogP contribution in [-0.2, 0) is 9.47 Å². The van der Waals surface area contributed by atoms with Crippen LogP contribution in [-0.4, -0.2) is 19.5 Å². The van der Waals surface area contributed by atoms with Gasteiger partial charge >= 0.3 is 0 Å². The second kappa shape index (κ2) is 5.53. The molecule has 0 amide bonds. The highest BCUT2D eigenvalue weighted by molar-refractivity contribution is 5.09. The van der Waals surface area contributed by atoms with E-state index in [9.17, 15) is 0 Å². The Hall–Kier alpha value is -0.340. The zero-order valence-corrected chi connectivity index (χ0v) is 10.6. The first-order valence-corrected chi connectivity index (χ1v) is 7.33. The minimum atomic E-state index is 0.112. The van der Waals surface area contributed by atoms with E-state index in [-0.39, 0.29) is 6.29 Å². The Kier molecular flexibility index (Phi) is 3.82. The molecule has 2 heteroatoms. The maximum Gasteiger partial charge on any atom is 0.157 e. The fourth-order valence-corrected chi connectivity index (χ4v) is 3.69. The van der Waals surface area contributed by atoms with E-state index in [2.05, 4.69) is 12.2 Å². The van der Waals surface area contributed by atoms with Gasteiger partial charge in [-0.1, -0.05) is 25.0 Å². The number of fused-ring (bicyclic) bond motifs is 2. The van der Waals surface area contributed by atoms with Crippen LogP contribution >= 0.6 is 0 Å². The second-order valence-corrected chi connectivity index (χ2v) is 5.85. The van der Waals surface area contributed by atoms with Gasteiger partial charge in [-0.3, -0.25) is 0 Å². The van der Waals surface area contributed by atoms with E-state index in [1.54, 1.807) is 0 Å². The highest BCUT2D eigenvalue weighted by Crippen LogP contribution is 2.45. The van der Waals surface area contributed by atoms with Crippen LogP contribution in [0.5, 0.6) is 0 Å². The molecule has 0 radical (unpaired) electrons. The first-order chi connectivity index (χ1) is 8.42. The molecular weight excluding hydrogens is 212 g/mol. The maximum atomic E-state index is 5.44. The molecule has 1 aliphatic heterocycles. The summed E-state index contributed by atoms with van der Waals surface area (Å²) in [5, 5.41) is 0. The second-order valence-electron chi connectivity index (χ2n) is 5.85. The smallest absolute Gasteiger partial charge is 0.157 e. The molecule has 0 aromatic carbocycles. The lowest BCUT2D eigenvalue weighted by Crippen LogP contribution is -2.08. The molecule has 0 aromatic rings. The van der Waals surface area contributed by atoms with Crippen molar-refractivity contribution in [2.24, 2.45) is 17.8 Å². The first kappa shape index (κ1) is 11.7. The molecule has 3 unspecified atom stereocenters. The van der Waals surface area contributed by atoms with Gasteiger partial charge in [0, 0.05) is 0 Å². The summed E-state index contributed by atoms with van der Waals surface area (Å²) >= 11 is 0. The number of hydrogen-bond acceptors (Lipinski definition) is 2. The number of unbranched alkanes of at least 4 members (excludes halogenated alkanes) is 2. The van der Waals surface area contributed by atoms with Crippen molar-refractivity contribution in [3.05, 3.63) is 12.2 Å². The molecule has 0 spiro atoms. The molecule has 1 saturated carbocycles. The summed E-state index contributed by atoms with van der Waals surface area (Å²) in [7, 11) is 0. The summed E-state index contributed by atoms with van der Waals surface area (Å²) in [6.07, 6.45) is 14.5. The van der Waals surface area contributed by atoms with Gasteiger partial charge in [-0.15, -0.1) is 0 Å². The fraction of sp³-hybridized carbons (Fsp3) is 0.867. The van der Waals surface area contributed by atoms with Crippen LogP contribution < -0.4 is 0 Å². The van der Waals surface area contributed by atoms with E-state index < -0.39 is 0 Å². The molecule has 3 aliphatic rings. The Labute approximate surface area is 104 Å². The number of rotatable bonds is 6. The minimum absolute atomic E-state index is 0.112. The summed E-state index contributed by atoms with van der Waals surface area (Å²) < 4.78 is 10.9. The average Bonchev–Trinajstić information content (AvgIpc) is 3.05. The predicted octanol–water partition coefficient (Wildman–Crippen LogP) is 3.52. The standard InChI is InChI=1S/C15H24O2/c1(3-5-15-16-8-9-17-15)2-4-13-10-12-6-7-14(13)11-12/h6-7,12-15H,1-5,8-11H2. The SMILES string of the molecule is C1=CC2CC1CC2CCCCCC1OCCO1. The average molecular weight is 236 g/mol. The van der Waals surface area contributed by atoms with Crippen molar-refractivity contribution >= 4 is 0 Å². The predicted molar refractivity (Wildman–Crippen MR) is 67.6 cm³/mol. The molecule has 3 atom stereocenters. The van der Waals surface area contributed by atoms with Crippen LogP contribution in [0, 0.1) is 17.8 Å². The molecule has 0 aromatic heterocycles. The van der Waals surface area contributed by atoms with Crippen LogP contribution in [0.25, 0.3) is 0 Å². The third-order valence-electron chi connectivity index (χ3n) is 4.62. The van der Waals surface area contributed by atoms with Crippen LogP contribution in [0.4, 0.5) is 0 Å². The summed E-state index contributed by atoms with van der Waals surface area (Å²) in [5.41, 5.74) is 0. The topological polar surface area (TPSA) is 18.5 Å². The van der Waals surface area contributed by atoms with E-state index in [4.69, 9.17) is 9.47 Å². The molecule has 0 N–H and O–H groups in total.